The first-order valence-corrected chi connectivity index (χ1v) is 18.8. The number of hydrogen-bond donors (Lipinski definition) is 0. The van der Waals surface area contributed by atoms with Crippen molar-refractivity contribution >= 4 is 71.6 Å². The normalized spacial score (nSPS) is 11.6. The number of rotatable bonds is 6. The number of benzene rings is 9. The standard InChI is InChI=1S/C52H34N2O/c1-2-13-37-33-40(27-26-35(37)12-1)39-15-9-14-38(32-39)36-28-30-41(31-29-36)53(49-23-11-25-51-52(49)46-20-5-8-24-50(46)55-51)42-16-10-17-43(34-42)54-47-21-6-3-18-44(47)45-19-4-7-22-48(45)54/h1-34H. The molecule has 0 spiro atoms. The van der Waals surface area contributed by atoms with Gasteiger partial charge in [-0.15, -0.1) is 0 Å². The van der Waals surface area contributed by atoms with Gasteiger partial charge >= 0.3 is 0 Å². The van der Waals surface area contributed by atoms with Crippen molar-refractivity contribution in [3.8, 4) is 27.9 Å². The molecule has 258 valence electrons. The summed E-state index contributed by atoms with van der Waals surface area (Å²) in [5.74, 6) is 0. The van der Waals surface area contributed by atoms with Crippen LogP contribution >= 0.6 is 0 Å². The predicted molar refractivity (Wildman–Crippen MR) is 231 cm³/mol. The highest BCUT2D eigenvalue weighted by Crippen LogP contribution is 2.44. The molecule has 0 radical (unpaired) electrons. The van der Waals surface area contributed by atoms with E-state index in [9.17, 15) is 0 Å². The summed E-state index contributed by atoms with van der Waals surface area (Å²) in [5.41, 5.74) is 13.2. The Hall–Kier alpha value is -7.36. The molecule has 9 aromatic carbocycles. The van der Waals surface area contributed by atoms with Crippen molar-refractivity contribution in [1.82, 2.24) is 4.57 Å². The van der Waals surface area contributed by atoms with Crippen LogP contribution in [-0.4, -0.2) is 4.57 Å². The van der Waals surface area contributed by atoms with Crippen LogP contribution in [0.1, 0.15) is 0 Å². The molecule has 2 aromatic heterocycles. The van der Waals surface area contributed by atoms with E-state index in [4.69, 9.17) is 4.42 Å². The number of para-hydroxylation sites is 3. The molecule has 0 aliphatic rings. The third-order valence-corrected chi connectivity index (χ3v) is 11.0. The lowest BCUT2D eigenvalue weighted by molar-refractivity contribution is 0.669. The highest BCUT2D eigenvalue weighted by atomic mass is 16.3. The van der Waals surface area contributed by atoms with Crippen LogP contribution < -0.4 is 4.90 Å². The summed E-state index contributed by atoms with van der Waals surface area (Å²) in [7, 11) is 0. The quantitative estimate of drug-likeness (QED) is 0.172. The van der Waals surface area contributed by atoms with Crippen molar-refractivity contribution in [1.29, 1.82) is 0 Å². The van der Waals surface area contributed by atoms with Gasteiger partial charge in [-0.3, -0.25) is 0 Å². The second-order valence-corrected chi connectivity index (χ2v) is 14.2. The van der Waals surface area contributed by atoms with Crippen LogP contribution in [-0.2, 0) is 0 Å². The van der Waals surface area contributed by atoms with Crippen LogP contribution in [0.25, 0.3) is 82.5 Å². The minimum absolute atomic E-state index is 0.865. The molecular formula is C52H34N2O. The molecule has 3 nitrogen and oxygen atoms in total. The van der Waals surface area contributed by atoms with Gasteiger partial charge in [0.05, 0.1) is 22.1 Å². The Bertz CT molecular complexity index is 3170. The van der Waals surface area contributed by atoms with E-state index in [2.05, 4.69) is 204 Å². The van der Waals surface area contributed by atoms with Crippen molar-refractivity contribution in [2.24, 2.45) is 0 Å². The Morgan fingerprint density at radius 2 is 0.964 bits per heavy atom. The first-order valence-electron chi connectivity index (χ1n) is 18.8. The monoisotopic (exact) mass is 702 g/mol. The first kappa shape index (κ1) is 31.2. The smallest absolute Gasteiger partial charge is 0.137 e. The number of furan rings is 1. The van der Waals surface area contributed by atoms with Crippen molar-refractivity contribution in [3.63, 3.8) is 0 Å². The van der Waals surface area contributed by atoms with Crippen molar-refractivity contribution in [2.75, 3.05) is 4.90 Å². The number of fused-ring (bicyclic) bond motifs is 7. The Morgan fingerprint density at radius 3 is 1.76 bits per heavy atom. The van der Waals surface area contributed by atoms with Crippen LogP contribution in [0, 0.1) is 0 Å². The van der Waals surface area contributed by atoms with Gasteiger partial charge in [-0.05, 0) is 106 Å². The van der Waals surface area contributed by atoms with Crippen LogP contribution in [0.5, 0.6) is 0 Å². The summed E-state index contributed by atoms with van der Waals surface area (Å²) in [6.07, 6.45) is 0. The van der Waals surface area contributed by atoms with E-state index in [1.807, 2.05) is 12.1 Å². The predicted octanol–water partition coefficient (Wildman–Crippen LogP) is 14.6. The Balaban J connectivity index is 1.06. The van der Waals surface area contributed by atoms with Gasteiger partial charge in [-0.2, -0.15) is 0 Å². The molecule has 55 heavy (non-hydrogen) atoms. The fourth-order valence-electron chi connectivity index (χ4n) is 8.39. The zero-order valence-corrected chi connectivity index (χ0v) is 29.9. The second-order valence-electron chi connectivity index (χ2n) is 14.2. The van der Waals surface area contributed by atoms with Crippen LogP contribution in [0.2, 0.25) is 0 Å². The molecule has 0 N–H and O–H groups in total. The van der Waals surface area contributed by atoms with E-state index in [0.29, 0.717) is 0 Å². The summed E-state index contributed by atoms with van der Waals surface area (Å²) < 4.78 is 8.79. The van der Waals surface area contributed by atoms with Gasteiger partial charge in [0.25, 0.3) is 0 Å². The summed E-state index contributed by atoms with van der Waals surface area (Å²) in [4.78, 5) is 2.37. The lowest BCUT2D eigenvalue weighted by Crippen LogP contribution is -2.11. The van der Waals surface area contributed by atoms with Gasteiger partial charge < -0.3 is 13.9 Å². The molecule has 0 saturated carbocycles. The van der Waals surface area contributed by atoms with E-state index in [1.54, 1.807) is 0 Å². The average Bonchev–Trinajstić information content (AvgIpc) is 3.81. The summed E-state index contributed by atoms with van der Waals surface area (Å²) in [6.45, 7) is 0. The third-order valence-electron chi connectivity index (χ3n) is 11.0. The van der Waals surface area contributed by atoms with E-state index < -0.39 is 0 Å². The van der Waals surface area contributed by atoms with Gasteiger partial charge in [-0.1, -0.05) is 133 Å². The van der Waals surface area contributed by atoms with Gasteiger partial charge in [0.1, 0.15) is 11.2 Å². The topological polar surface area (TPSA) is 21.3 Å². The van der Waals surface area contributed by atoms with E-state index >= 15 is 0 Å². The summed E-state index contributed by atoms with van der Waals surface area (Å²) in [6, 6.07) is 74.0. The molecular weight excluding hydrogens is 669 g/mol. The van der Waals surface area contributed by atoms with Crippen LogP contribution in [0.15, 0.2) is 211 Å². The van der Waals surface area contributed by atoms with Gasteiger partial charge in [0.2, 0.25) is 0 Å². The number of hydrogen-bond acceptors (Lipinski definition) is 2. The van der Waals surface area contributed by atoms with Gasteiger partial charge in [0.15, 0.2) is 0 Å². The maximum absolute atomic E-state index is 6.41. The zero-order valence-electron chi connectivity index (χ0n) is 29.9. The highest BCUT2D eigenvalue weighted by Gasteiger charge is 2.21. The van der Waals surface area contributed by atoms with E-state index in [-0.39, 0.29) is 0 Å². The largest absolute Gasteiger partial charge is 0.456 e. The molecule has 0 atom stereocenters. The molecule has 3 heteroatoms. The minimum atomic E-state index is 0.865. The third kappa shape index (κ3) is 5.20. The Morgan fingerprint density at radius 1 is 0.364 bits per heavy atom. The minimum Gasteiger partial charge on any atom is -0.456 e. The molecule has 11 aromatic rings. The Kier molecular flexibility index (Phi) is 7.17. The van der Waals surface area contributed by atoms with Crippen molar-refractivity contribution in [3.05, 3.63) is 206 Å². The molecule has 0 saturated heterocycles. The molecule has 0 unspecified atom stereocenters. The van der Waals surface area contributed by atoms with Crippen molar-refractivity contribution in [2.45, 2.75) is 0 Å². The number of aromatic nitrogens is 1. The number of nitrogens with zero attached hydrogens (tertiary/aromatic N) is 2. The van der Waals surface area contributed by atoms with Gasteiger partial charge in [-0.25, -0.2) is 0 Å². The summed E-state index contributed by atoms with van der Waals surface area (Å²) >= 11 is 0. The highest BCUT2D eigenvalue weighted by molar-refractivity contribution is 6.13. The van der Waals surface area contributed by atoms with Crippen molar-refractivity contribution < 1.29 is 4.42 Å². The maximum atomic E-state index is 6.41. The molecule has 2 heterocycles. The zero-order chi connectivity index (χ0) is 36.3. The van der Waals surface area contributed by atoms with Crippen LogP contribution in [0.3, 0.4) is 0 Å². The number of anilines is 3. The van der Waals surface area contributed by atoms with E-state index in [0.717, 1.165) is 50.3 Å². The molecule has 11 rings (SSSR count). The molecule has 0 aliphatic carbocycles. The van der Waals surface area contributed by atoms with Gasteiger partial charge in [0, 0.05) is 33.2 Å². The second kappa shape index (κ2) is 12.6. The average molecular weight is 703 g/mol. The molecule has 0 aliphatic heterocycles. The molecule has 0 bridgehead atoms. The Labute approximate surface area is 318 Å². The molecule has 0 fully saturated rings. The lowest BCUT2D eigenvalue weighted by atomic mass is 9.97. The summed E-state index contributed by atoms with van der Waals surface area (Å²) in [5, 5.41) is 7.18. The fourth-order valence-corrected chi connectivity index (χ4v) is 8.39. The maximum Gasteiger partial charge on any atom is 0.137 e. The lowest BCUT2D eigenvalue weighted by Gasteiger charge is -2.27. The SMILES string of the molecule is c1cc(-c2ccc(N(c3cccc(-n4c5ccccc5c5ccccc54)c3)c3cccc4oc5ccccc5c34)cc2)cc(-c2ccc3ccccc3c2)c1. The fraction of sp³-hybridized carbons (Fsp3) is 0. The first-order chi connectivity index (χ1) is 27.3. The van der Waals surface area contributed by atoms with Crippen LogP contribution in [0.4, 0.5) is 17.1 Å². The van der Waals surface area contributed by atoms with E-state index in [1.165, 1.54) is 49.3 Å². The molecule has 0 amide bonds.